The van der Waals surface area contributed by atoms with Gasteiger partial charge in [-0.25, -0.2) is 5.01 Å². The molecule has 1 atom stereocenters. The molecule has 1 unspecified atom stereocenters. The molecule has 1 fully saturated rings. The van der Waals surface area contributed by atoms with Crippen molar-refractivity contribution >= 4 is 11.8 Å². The fraction of sp³-hybridized carbons (Fsp3) is 1.00. The van der Waals surface area contributed by atoms with Crippen molar-refractivity contribution in [3.63, 3.8) is 0 Å². The van der Waals surface area contributed by atoms with Gasteiger partial charge in [0.1, 0.15) is 5.37 Å². The van der Waals surface area contributed by atoms with Gasteiger partial charge in [0.15, 0.2) is 0 Å². The van der Waals surface area contributed by atoms with Gasteiger partial charge in [-0.2, -0.15) is 0 Å². The molecule has 58 valence electrons. The number of thioether (sulfide) groups is 1. The van der Waals surface area contributed by atoms with E-state index >= 15 is 0 Å². The van der Waals surface area contributed by atoms with Gasteiger partial charge in [0, 0.05) is 19.4 Å². The quantitative estimate of drug-likeness (QED) is 0.572. The third-order valence-electron chi connectivity index (χ3n) is 1.38. The average molecular weight is 162 g/mol. The lowest BCUT2D eigenvalue weighted by molar-refractivity contribution is 0.143. The molecule has 0 aromatic rings. The minimum atomic E-state index is 0.141. The molecule has 1 aliphatic rings. The second kappa shape index (κ2) is 3.78. The molecule has 10 heavy (non-hydrogen) atoms. The monoisotopic (exact) mass is 162 g/mol. The van der Waals surface area contributed by atoms with Crippen molar-refractivity contribution in [1.29, 1.82) is 0 Å². The molecular weight excluding hydrogens is 152 g/mol. The molecule has 0 saturated carbocycles. The number of hydrogen-bond acceptors (Lipinski definition) is 4. The number of hydrogen-bond donors (Lipinski definition) is 0. The first-order chi connectivity index (χ1) is 4.88. The summed E-state index contributed by atoms with van der Waals surface area (Å²) in [6, 6.07) is 0. The fourth-order valence-electron chi connectivity index (χ4n) is 0.882. The molecular formula is C5H10N2O2S. The second-order valence-electron chi connectivity index (χ2n) is 2.03. The van der Waals surface area contributed by atoms with Gasteiger partial charge in [-0.3, -0.25) is 0 Å². The maximum Gasteiger partial charge on any atom is 0.119 e. The molecule has 0 N–H and O–H groups in total. The summed E-state index contributed by atoms with van der Waals surface area (Å²) in [5.74, 6) is 0.972. The van der Waals surface area contributed by atoms with Gasteiger partial charge in [0.2, 0.25) is 0 Å². The van der Waals surface area contributed by atoms with Gasteiger partial charge >= 0.3 is 0 Å². The third-order valence-corrected chi connectivity index (χ3v) is 2.56. The molecule has 0 spiro atoms. The summed E-state index contributed by atoms with van der Waals surface area (Å²) >= 11 is 1.71. The lowest BCUT2D eigenvalue weighted by atomic mass is 10.6. The van der Waals surface area contributed by atoms with Gasteiger partial charge < -0.3 is 4.74 Å². The molecule has 5 heteroatoms. The Labute approximate surface area is 63.9 Å². The summed E-state index contributed by atoms with van der Waals surface area (Å²) in [5, 5.41) is 4.53. The Morgan fingerprint density at radius 2 is 2.70 bits per heavy atom. The van der Waals surface area contributed by atoms with Crippen LogP contribution in [0.5, 0.6) is 0 Å². The van der Waals surface area contributed by atoms with E-state index in [4.69, 9.17) is 4.74 Å². The molecule has 0 aromatic carbocycles. The first kappa shape index (κ1) is 7.81. The number of rotatable bonds is 3. The molecule has 1 aliphatic heterocycles. The van der Waals surface area contributed by atoms with E-state index in [1.165, 1.54) is 5.01 Å². The highest BCUT2D eigenvalue weighted by molar-refractivity contribution is 8.00. The number of nitrogens with zero attached hydrogens (tertiary/aromatic N) is 2. The van der Waals surface area contributed by atoms with Crippen molar-refractivity contribution < 1.29 is 4.74 Å². The van der Waals surface area contributed by atoms with Gasteiger partial charge in [-0.15, -0.1) is 16.7 Å². The predicted octanol–water partition coefficient (Wildman–Crippen LogP) is 0.689. The van der Waals surface area contributed by atoms with E-state index in [-0.39, 0.29) is 5.37 Å². The second-order valence-corrected chi connectivity index (χ2v) is 3.31. The SMILES string of the molecule is COCC1SCCN1N=O. The van der Waals surface area contributed by atoms with Crippen LogP contribution in [0.1, 0.15) is 0 Å². The molecule has 4 nitrogen and oxygen atoms in total. The van der Waals surface area contributed by atoms with Crippen LogP contribution in [0.15, 0.2) is 5.29 Å². The lowest BCUT2D eigenvalue weighted by Crippen LogP contribution is -2.25. The van der Waals surface area contributed by atoms with E-state index in [0.29, 0.717) is 6.61 Å². The molecule has 0 amide bonds. The topological polar surface area (TPSA) is 41.9 Å². The van der Waals surface area contributed by atoms with Crippen LogP contribution in [-0.4, -0.2) is 36.4 Å². The molecule has 0 bridgehead atoms. The molecule has 1 rings (SSSR count). The summed E-state index contributed by atoms with van der Waals surface area (Å²) < 4.78 is 4.90. The van der Waals surface area contributed by atoms with Gasteiger partial charge in [-0.05, 0) is 0 Å². The van der Waals surface area contributed by atoms with E-state index < -0.39 is 0 Å². The van der Waals surface area contributed by atoms with Crippen molar-refractivity contribution in [2.45, 2.75) is 5.37 Å². The Hall–Kier alpha value is -0.290. The Morgan fingerprint density at radius 1 is 1.90 bits per heavy atom. The number of ether oxygens (including phenoxy) is 1. The van der Waals surface area contributed by atoms with Crippen molar-refractivity contribution in [1.82, 2.24) is 5.01 Å². The normalized spacial score (nSPS) is 25.3. The largest absolute Gasteiger partial charge is 0.382 e. The molecule has 1 heterocycles. The van der Waals surface area contributed by atoms with E-state index in [2.05, 4.69) is 5.29 Å². The van der Waals surface area contributed by atoms with Crippen LogP contribution in [0.3, 0.4) is 0 Å². The summed E-state index contributed by atoms with van der Waals surface area (Å²) in [7, 11) is 1.63. The summed E-state index contributed by atoms with van der Waals surface area (Å²) in [5.41, 5.74) is 0. The van der Waals surface area contributed by atoms with Crippen LogP contribution in [0.25, 0.3) is 0 Å². The highest BCUT2D eigenvalue weighted by atomic mass is 32.2. The Morgan fingerprint density at radius 3 is 3.30 bits per heavy atom. The first-order valence-electron chi connectivity index (χ1n) is 3.09. The Balaban J connectivity index is 2.34. The first-order valence-corrected chi connectivity index (χ1v) is 4.14. The van der Waals surface area contributed by atoms with E-state index in [1.54, 1.807) is 18.9 Å². The Bertz CT molecular complexity index is 122. The third kappa shape index (κ3) is 1.60. The predicted molar refractivity (Wildman–Crippen MR) is 40.6 cm³/mol. The van der Waals surface area contributed by atoms with Crippen LogP contribution < -0.4 is 0 Å². The molecule has 0 radical (unpaired) electrons. The minimum absolute atomic E-state index is 0.141. The van der Waals surface area contributed by atoms with Crippen LogP contribution in [0.4, 0.5) is 0 Å². The van der Waals surface area contributed by atoms with Crippen molar-refractivity contribution in [3.05, 3.63) is 4.91 Å². The molecule has 1 saturated heterocycles. The molecule has 0 aliphatic carbocycles. The summed E-state index contributed by atoms with van der Waals surface area (Å²) in [4.78, 5) is 10.1. The van der Waals surface area contributed by atoms with Crippen molar-refractivity contribution in [3.8, 4) is 0 Å². The van der Waals surface area contributed by atoms with Crippen LogP contribution in [0.2, 0.25) is 0 Å². The zero-order valence-corrected chi connectivity index (χ0v) is 6.63. The summed E-state index contributed by atoms with van der Waals surface area (Å²) in [6.45, 7) is 1.33. The zero-order chi connectivity index (χ0) is 7.40. The molecule has 0 aromatic heterocycles. The van der Waals surface area contributed by atoms with Crippen LogP contribution in [0, 0.1) is 4.91 Å². The number of methoxy groups -OCH3 is 1. The van der Waals surface area contributed by atoms with E-state index in [1.807, 2.05) is 0 Å². The zero-order valence-electron chi connectivity index (χ0n) is 5.82. The maximum absolute atomic E-state index is 10.1. The number of nitroso groups, excluding NO2 is 1. The lowest BCUT2D eigenvalue weighted by Gasteiger charge is -2.14. The highest BCUT2D eigenvalue weighted by Gasteiger charge is 2.24. The van der Waals surface area contributed by atoms with E-state index in [9.17, 15) is 4.91 Å². The van der Waals surface area contributed by atoms with Crippen molar-refractivity contribution in [2.75, 3.05) is 26.0 Å². The van der Waals surface area contributed by atoms with Gasteiger partial charge in [0.05, 0.1) is 11.9 Å². The van der Waals surface area contributed by atoms with Gasteiger partial charge in [-0.1, -0.05) is 0 Å². The van der Waals surface area contributed by atoms with Crippen molar-refractivity contribution in [2.24, 2.45) is 5.29 Å². The van der Waals surface area contributed by atoms with Crippen LogP contribution >= 0.6 is 11.8 Å². The fourth-order valence-corrected chi connectivity index (χ4v) is 2.00. The smallest absolute Gasteiger partial charge is 0.119 e. The van der Waals surface area contributed by atoms with E-state index in [0.717, 1.165) is 12.3 Å². The maximum atomic E-state index is 10.1. The standard InChI is InChI=1S/C5H10N2O2S/c1-9-4-5-7(6-8)2-3-10-5/h5H,2-4H2,1H3. The summed E-state index contributed by atoms with van der Waals surface area (Å²) in [6.07, 6.45) is 0. The van der Waals surface area contributed by atoms with Gasteiger partial charge in [0.25, 0.3) is 0 Å². The highest BCUT2D eigenvalue weighted by Crippen LogP contribution is 2.23. The average Bonchev–Trinajstić information content (AvgIpc) is 2.36. The van der Waals surface area contributed by atoms with Crippen LogP contribution in [-0.2, 0) is 4.74 Å². The minimum Gasteiger partial charge on any atom is -0.382 e. The Kier molecular flexibility index (Phi) is 2.95.